The monoisotopic (exact) mass is 415 g/mol. The van der Waals surface area contributed by atoms with Crippen LogP contribution in [0, 0.1) is 11.3 Å². The molecule has 3 aromatic rings. The minimum atomic E-state index is -4.60. The number of hydrogen-bond acceptors (Lipinski definition) is 6. The number of halogens is 3. The topological polar surface area (TPSA) is 107 Å². The molecule has 3 N–H and O–H groups in total. The Labute approximate surface area is 168 Å². The van der Waals surface area contributed by atoms with Crippen LogP contribution in [0.25, 0.3) is 5.65 Å². The Hall–Kier alpha value is -3.81. The molecule has 11 heteroatoms. The minimum Gasteiger partial charge on any atom is -0.379 e. The van der Waals surface area contributed by atoms with Gasteiger partial charge in [0.15, 0.2) is 17.2 Å². The molecule has 0 atom stereocenters. The summed E-state index contributed by atoms with van der Waals surface area (Å²) >= 11 is 0. The Bertz CT molecular complexity index is 1180. The number of amides is 1. The highest BCUT2D eigenvalue weighted by Gasteiger charge is 2.31. The molecule has 0 radical (unpaired) electrons. The standard InChI is InChI=1S/C19H16F3N7O/c1-10(30)25-13-4-11(19(20,21)22)5-14(6-13)27-17-7-16(26-12-2-3-12)18-24-9-15(8-23)29(18)28-17/h4-7,9,12,26H,2-3H2,1H3,(H,25,30)(H,27,28). The highest BCUT2D eigenvalue weighted by atomic mass is 19.4. The van der Waals surface area contributed by atoms with Gasteiger partial charge in [0, 0.05) is 30.4 Å². The molecule has 0 spiro atoms. The first-order chi connectivity index (χ1) is 14.2. The Morgan fingerprint density at radius 1 is 1.23 bits per heavy atom. The molecule has 1 aliphatic rings. The molecule has 30 heavy (non-hydrogen) atoms. The highest BCUT2D eigenvalue weighted by Crippen LogP contribution is 2.35. The average Bonchev–Trinajstić information content (AvgIpc) is 3.37. The van der Waals surface area contributed by atoms with E-state index in [1.807, 2.05) is 6.07 Å². The molecule has 0 aliphatic heterocycles. The van der Waals surface area contributed by atoms with Gasteiger partial charge in [-0.15, -0.1) is 5.10 Å². The maximum Gasteiger partial charge on any atom is 0.416 e. The molecular formula is C19H16F3N7O. The van der Waals surface area contributed by atoms with Crippen molar-refractivity contribution in [2.24, 2.45) is 0 Å². The molecule has 0 bridgehead atoms. The lowest BCUT2D eigenvalue weighted by Crippen LogP contribution is -2.11. The van der Waals surface area contributed by atoms with Crippen LogP contribution in [0.5, 0.6) is 0 Å². The molecule has 0 saturated heterocycles. The summed E-state index contributed by atoms with van der Waals surface area (Å²) in [5.41, 5.74) is 0.413. The van der Waals surface area contributed by atoms with Crippen LogP contribution in [0.2, 0.25) is 0 Å². The highest BCUT2D eigenvalue weighted by molar-refractivity contribution is 5.89. The fraction of sp³-hybridized carbons (Fsp3) is 0.263. The van der Waals surface area contributed by atoms with E-state index in [4.69, 9.17) is 0 Å². The summed E-state index contributed by atoms with van der Waals surface area (Å²) in [6, 6.07) is 7.04. The maximum absolute atomic E-state index is 13.3. The zero-order chi connectivity index (χ0) is 21.5. The first kappa shape index (κ1) is 19.5. The molecule has 4 rings (SSSR count). The van der Waals surface area contributed by atoms with E-state index in [9.17, 15) is 23.2 Å². The maximum atomic E-state index is 13.3. The third-order valence-electron chi connectivity index (χ3n) is 4.37. The Morgan fingerprint density at radius 3 is 2.60 bits per heavy atom. The predicted molar refractivity (Wildman–Crippen MR) is 103 cm³/mol. The third-order valence-corrected chi connectivity index (χ3v) is 4.37. The van der Waals surface area contributed by atoms with Crippen molar-refractivity contribution < 1.29 is 18.0 Å². The number of anilines is 4. The molecule has 0 unspecified atom stereocenters. The second kappa shape index (κ2) is 7.22. The van der Waals surface area contributed by atoms with Gasteiger partial charge in [0.05, 0.1) is 17.4 Å². The SMILES string of the molecule is CC(=O)Nc1cc(Nc2cc(NC3CC3)c3ncc(C#N)n3n2)cc(C(F)(F)F)c1. The van der Waals surface area contributed by atoms with Crippen LogP contribution in [0.1, 0.15) is 31.0 Å². The summed E-state index contributed by atoms with van der Waals surface area (Å²) in [5.74, 6) is -0.277. The van der Waals surface area contributed by atoms with Gasteiger partial charge in [0.1, 0.15) is 6.07 Å². The molecule has 1 amide bonds. The quantitative estimate of drug-likeness (QED) is 0.584. The zero-order valence-corrected chi connectivity index (χ0v) is 15.7. The van der Waals surface area contributed by atoms with Gasteiger partial charge < -0.3 is 16.0 Å². The van der Waals surface area contributed by atoms with Crippen molar-refractivity contribution in [1.82, 2.24) is 14.6 Å². The first-order valence-electron chi connectivity index (χ1n) is 9.05. The van der Waals surface area contributed by atoms with E-state index in [2.05, 4.69) is 26.0 Å². The number of aromatic nitrogens is 3. The summed E-state index contributed by atoms with van der Waals surface area (Å²) in [5, 5.41) is 22.0. The van der Waals surface area contributed by atoms with Crippen molar-refractivity contribution in [2.45, 2.75) is 32.0 Å². The largest absolute Gasteiger partial charge is 0.416 e. The number of nitriles is 1. The number of imidazole rings is 1. The lowest BCUT2D eigenvalue weighted by atomic mass is 10.1. The molecule has 1 aliphatic carbocycles. The average molecular weight is 415 g/mol. The van der Waals surface area contributed by atoms with Crippen molar-refractivity contribution >= 4 is 34.4 Å². The van der Waals surface area contributed by atoms with Crippen molar-refractivity contribution in [3.8, 4) is 6.07 Å². The lowest BCUT2D eigenvalue weighted by molar-refractivity contribution is -0.137. The number of fused-ring (bicyclic) bond motifs is 1. The summed E-state index contributed by atoms with van der Waals surface area (Å²) in [6.07, 6.45) is -1.23. The number of hydrogen-bond donors (Lipinski definition) is 3. The van der Waals surface area contributed by atoms with Gasteiger partial charge in [-0.25, -0.2) is 4.98 Å². The van der Waals surface area contributed by atoms with E-state index in [0.29, 0.717) is 11.3 Å². The number of benzene rings is 1. The zero-order valence-electron chi connectivity index (χ0n) is 15.7. The van der Waals surface area contributed by atoms with Gasteiger partial charge in [-0.3, -0.25) is 4.79 Å². The summed E-state index contributed by atoms with van der Waals surface area (Å²) in [7, 11) is 0. The van der Waals surface area contributed by atoms with E-state index >= 15 is 0 Å². The van der Waals surface area contributed by atoms with Crippen molar-refractivity contribution in [1.29, 1.82) is 5.26 Å². The van der Waals surface area contributed by atoms with E-state index in [-0.39, 0.29) is 28.9 Å². The molecule has 1 fully saturated rings. The van der Waals surface area contributed by atoms with Crippen LogP contribution in [0.3, 0.4) is 0 Å². The van der Waals surface area contributed by atoms with E-state index < -0.39 is 17.6 Å². The van der Waals surface area contributed by atoms with Crippen LogP contribution < -0.4 is 16.0 Å². The van der Waals surface area contributed by atoms with E-state index in [0.717, 1.165) is 25.0 Å². The van der Waals surface area contributed by atoms with Crippen molar-refractivity contribution in [3.05, 3.63) is 41.7 Å². The number of alkyl halides is 3. The predicted octanol–water partition coefficient (Wildman–Crippen LogP) is 3.90. The van der Waals surface area contributed by atoms with Gasteiger partial charge >= 0.3 is 6.18 Å². The Balaban J connectivity index is 1.76. The number of carbonyl (C=O) groups is 1. The fourth-order valence-electron chi connectivity index (χ4n) is 2.95. The normalized spacial score (nSPS) is 13.7. The van der Waals surface area contributed by atoms with Crippen LogP contribution in [0.4, 0.5) is 36.1 Å². The second-order valence-electron chi connectivity index (χ2n) is 6.96. The number of carbonyl (C=O) groups excluding carboxylic acids is 1. The number of nitrogens with zero attached hydrogens (tertiary/aromatic N) is 4. The minimum absolute atomic E-state index is 0.00224. The molecule has 154 valence electrons. The van der Waals surface area contributed by atoms with Crippen LogP contribution >= 0.6 is 0 Å². The van der Waals surface area contributed by atoms with Crippen molar-refractivity contribution in [3.63, 3.8) is 0 Å². The molecule has 2 heterocycles. The van der Waals surface area contributed by atoms with Gasteiger partial charge in [-0.1, -0.05) is 0 Å². The number of rotatable bonds is 5. The van der Waals surface area contributed by atoms with Gasteiger partial charge in [0.2, 0.25) is 5.91 Å². The number of nitrogens with one attached hydrogen (secondary N) is 3. The second-order valence-corrected chi connectivity index (χ2v) is 6.96. The van der Waals surface area contributed by atoms with Gasteiger partial charge in [-0.05, 0) is 31.0 Å². The van der Waals surface area contributed by atoms with Crippen molar-refractivity contribution in [2.75, 3.05) is 16.0 Å². The van der Waals surface area contributed by atoms with Crippen LogP contribution in [0.15, 0.2) is 30.5 Å². The molecule has 8 nitrogen and oxygen atoms in total. The van der Waals surface area contributed by atoms with E-state index in [1.165, 1.54) is 23.7 Å². The molecule has 2 aromatic heterocycles. The van der Waals surface area contributed by atoms with E-state index in [1.54, 1.807) is 6.07 Å². The van der Waals surface area contributed by atoms with Gasteiger partial charge in [0.25, 0.3) is 0 Å². The molecular weight excluding hydrogens is 399 g/mol. The third kappa shape index (κ3) is 4.12. The molecule has 1 saturated carbocycles. The summed E-state index contributed by atoms with van der Waals surface area (Å²) in [6.45, 7) is 1.21. The Morgan fingerprint density at radius 2 is 1.97 bits per heavy atom. The van der Waals surface area contributed by atoms with Crippen LogP contribution in [-0.2, 0) is 11.0 Å². The fourth-order valence-corrected chi connectivity index (χ4v) is 2.95. The van der Waals surface area contributed by atoms with Gasteiger partial charge in [-0.2, -0.15) is 22.9 Å². The first-order valence-corrected chi connectivity index (χ1v) is 9.05. The van der Waals surface area contributed by atoms with Crippen LogP contribution in [-0.4, -0.2) is 26.5 Å². The summed E-state index contributed by atoms with van der Waals surface area (Å²) in [4.78, 5) is 15.5. The summed E-state index contributed by atoms with van der Waals surface area (Å²) < 4.78 is 41.2. The lowest BCUT2D eigenvalue weighted by Gasteiger charge is -2.15. The Kier molecular flexibility index (Phi) is 4.69. The molecule has 1 aromatic carbocycles. The smallest absolute Gasteiger partial charge is 0.379 e.